The third-order valence-corrected chi connectivity index (χ3v) is 3.11. The van der Waals surface area contributed by atoms with Crippen molar-refractivity contribution >= 4 is 5.91 Å². The van der Waals surface area contributed by atoms with Gasteiger partial charge in [0.25, 0.3) is 0 Å². The van der Waals surface area contributed by atoms with E-state index in [1.54, 1.807) is 0 Å². The Hall–Kier alpha value is -0.570. The molecule has 3 heteroatoms. The van der Waals surface area contributed by atoms with Crippen LogP contribution in [-0.2, 0) is 4.79 Å². The van der Waals surface area contributed by atoms with Gasteiger partial charge in [0.15, 0.2) is 0 Å². The lowest BCUT2D eigenvalue weighted by molar-refractivity contribution is -0.131. The largest absolute Gasteiger partial charge is 0.346 e. The predicted octanol–water partition coefficient (Wildman–Crippen LogP) is 3.04. The Kier molecular flexibility index (Phi) is 8.25. The van der Waals surface area contributed by atoms with Crippen LogP contribution in [0.5, 0.6) is 0 Å². The van der Waals surface area contributed by atoms with Crippen molar-refractivity contribution in [1.82, 2.24) is 4.90 Å². The van der Waals surface area contributed by atoms with Gasteiger partial charge in [0.1, 0.15) is 0 Å². The van der Waals surface area contributed by atoms with Gasteiger partial charge in [0, 0.05) is 20.0 Å². The first-order valence-corrected chi connectivity index (χ1v) is 7.20. The molecule has 0 aliphatic carbocycles. The quantitative estimate of drug-likeness (QED) is 0.679. The molecular weight excluding hydrogens is 224 g/mol. The summed E-state index contributed by atoms with van der Waals surface area (Å²) in [4.78, 5) is 13.9. The maximum atomic E-state index is 12.0. The fourth-order valence-corrected chi connectivity index (χ4v) is 2.37. The normalized spacial score (nSPS) is 13.4. The Morgan fingerprint density at radius 2 is 1.83 bits per heavy atom. The van der Waals surface area contributed by atoms with Crippen molar-refractivity contribution in [2.24, 2.45) is 17.1 Å². The van der Waals surface area contributed by atoms with Gasteiger partial charge in [-0.05, 0) is 37.1 Å². The van der Waals surface area contributed by atoms with E-state index in [9.17, 15) is 4.79 Å². The van der Waals surface area contributed by atoms with Gasteiger partial charge in [0.2, 0.25) is 5.91 Å². The minimum Gasteiger partial charge on any atom is -0.346 e. The molecule has 0 heterocycles. The molecule has 0 rings (SSSR count). The average molecular weight is 256 g/mol. The molecule has 1 unspecified atom stereocenters. The second-order valence-corrected chi connectivity index (χ2v) is 6.74. The fourth-order valence-electron chi connectivity index (χ4n) is 2.37. The van der Waals surface area contributed by atoms with Crippen molar-refractivity contribution in [3.63, 3.8) is 0 Å². The summed E-state index contributed by atoms with van der Waals surface area (Å²) in [5, 5.41) is 0. The molecular formula is C15H32N2O. The summed E-state index contributed by atoms with van der Waals surface area (Å²) in [5.41, 5.74) is 5.75. The number of nitrogens with zero attached hydrogens (tertiary/aromatic N) is 1. The van der Waals surface area contributed by atoms with Crippen molar-refractivity contribution in [1.29, 1.82) is 0 Å². The molecule has 0 aromatic heterocycles. The molecule has 3 nitrogen and oxygen atoms in total. The van der Waals surface area contributed by atoms with Crippen LogP contribution < -0.4 is 5.73 Å². The Morgan fingerprint density at radius 1 is 1.22 bits per heavy atom. The summed E-state index contributed by atoms with van der Waals surface area (Å²) >= 11 is 0. The lowest BCUT2D eigenvalue weighted by Gasteiger charge is -2.25. The molecule has 0 saturated carbocycles. The Morgan fingerprint density at radius 3 is 2.33 bits per heavy atom. The number of hydrogen-bond donors (Lipinski definition) is 1. The van der Waals surface area contributed by atoms with Crippen LogP contribution in [0.25, 0.3) is 0 Å². The fraction of sp³-hybridized carbons (Fsp3) is 0.933. The molecule has 0 bridgehead atoms. The summed E-state index contributed by atoms with van der Waals surface area (Å²) in [6.07, 6.45) is 5.01. The van der Waals surface area contributed by atoms with E-state index in [4.69, 9.17) is 5.73 Å². The lowest BCUT2D eigenvalue weighted by atomic mass is 9.84. The van der Waals surface area contributed by atoms with E-state index in [-0.39, 0.29) is 5.91 Å². The zero-order valence-corrected chi connectivity index (χ0v) is 13.0. The minimum absolute atomic E-state index is 0.277. The summed E-state index contributed by atoms with van der Waals surface area (Å²) in [7, 11) is 1.91. The number of nitrogens with two attached hydrogens (primary N) is 1. The highest BCUT2D eigenvalue weighted by Gasteiger charge is 2.19. The Labute approximate surface area is 113 Å². The van der Waals surface area contributed by atoms with E-state index in [0.717, 1.165) is 38.8 Å². The summed E-state index contributed by atoms with van der Waals surface area (Å²) in [5.74, 6) is 0.739. The van der Waals surface area contributed by atoms with Crippen LogP contribution in [0.4, 0.5) is 0 Å². The SMILES string of the molecule is CC(CC(=O)N(C)CCCCCN)CC(C)(C)C. The molecule has 108 valence electrons. The van der Waals surface area contributed by atoms with Crippen LogP contribution in [0.2, 0.25) is 0 Å². The molecule has 0 radical (unpaired) electrons. The van der Waals surface area contributed by atoms with E-state index in [1.165, 1.54) is 0 Å². The Balaban J connectivity index is 3.86. The first kappa shape index (κ1) is 17.4. The number of amides is 1. The smallest absolute Gasteiger partial charge is 0.222 e. The number of carbonyl (C=O) groups excluding carboxylic acids is 1. The second kappa shape index (κ2) is 8.52. The van der Waals surface area contributed by atoms with Crippen LogP contribution in [0.3, 0.4) is 0 Å². The van der Waals surface area contributed by atoms with Gasteiger partial charge in [-0.15, -0.1) is 0 Å². The van der Waals surface area contributed by atoms with Crippen molar-refractivity contribution in [2.45, 2.75) is 59.8 Å². The van der Waals surface area contributed by atoms with Crippen LogP contribution in [0.1, 0.15) is 59.8 Å². The standard InChI is InChI=1S/C15H32N2O/c1-13(12-15(2,3)4)11-14(18)17(5)10-8-6-7-9-16/h13H,6-12,16H2,1-5H3. The van der Waals surface area contributed by atoms with Gasteiger partial charge in [-0.25, -0.2) is 0 Å². The molecule has 18 heavy (non-hydrogen) atoms. The summed E-state index contributed by atoms with van der Waals surface area (Å²) in [6, 6.07) is 0. The highest BCUT2D eigenvalue weighted by Crippen LogP contribution is 2.26. The maximum absolute atomic E-state index is 12.0. The van der Waals surface area contributed by atoms with Crippen molar-refractivity contribution in [3.8, 4) is 0 Å². The van der Waals surface area contributed by atoms with Gasteiger partial charge in [-0.2, -0.15) is 0 Å². The monoisotopic (exact) mass is 256 g/mol. The van der Waals surface area contributed by atoms with E-state index in [0.29, 0.717) is 17.8 Å². The predicted molar refractivity (Wildman–Crippen MR) is 78.4 cm³/mol. The molecule has 0 fully saturated rings. The van der Waals surface area contributed by atoms with Crippen molar-refractivity contribution < 1.29 is 4.79 Å². The molecule has 1 amide bonds. The van der Waals surface area contributed by atoms with Crippen molar-refractivity contribution in [3.05, 3.63) is 0 Å². The highest BCUT2D eigenvalue weighted by molar-refractivity contribution is 5.76. The van der Waals surface area contributed by atoms with Gasteiger partial charge in [-0.3, -0.25) is 4.79 Å². The van der Waals surface area contributed by atoms with Gasteiger partial charge in [-0.1, -0.05) is 34.1 Å². The minimum atomic E-state index is 0.277. The number of unbranched alkanes of at least 4 members (excludes halogenated alkanes) is 2. The van der Waals surface area contributed by atoms with E-state index >= 15 is 0 Å². The topological polar surface area (TPSA) is 46.3 Å². The molecule has 2 N–H and O–H groups in total. The molecule has 0 spiro atoms. The number of hydrogen-bond acceptors (Lipinski definition) is 2. The van der Waals surface area contributed by atoms with E-state index in [1.807, 2.05) is 11.9 Å². The Bertz CT molecular complexity index is 233. The highest BCUT2D eigenvalue weighted by atomic mass is 16.2. The van der Waals surface area contributed by atoms with Crippen molar-refractivity contribution in [2.75, 3.05) is 20.1 Å². The molecule has 1 atom stereocenters. The van der Waals surface area contributed by atoms with E-state index < -0.39 is 0 Å². The number of rotatable bonds is 8. The third-order valence-electron chi connectivity index (χ3n) is 3.11. The molecule has 0 saturated heterocycles. The molecule has 0 aliphatic rings. The zero-order valence-electron chi connectivity index (χ0n) is 13.0. The maximum Gasteiger partial charge on any atom is 0.222 e. The molecule has 0 aromatic rings. The van der Waals surface area contributed by atoms with Gasteiger partial charge >= 0.3 is 0 Å². The van der Waals surface area contributed by atoms with Gasteiger partial charge < -0.3 is 10.6 Å². The molecule has 0 aromatic carbocycles. The number of carbonyl (C=O) groups is 1. The van der Waals surface area contributed by atoms with Crippen LogP contribution in [0, 0.1) is 11.3 Å². The first-order valence-electron chi connectivity index (χ1n) is 7.20. The lowest BCUT2D eigenvalue weighted by Crippen LogP contribution is -2.29. The first-order chi connectivity index (χ1) is 8.26. The van der Waals surface area contributed by atoms with E-state index in [2.05, 4.69) is 27.7 Å². The second-order valence-electron chi connectivity index (χ2n) is 6.74. The molecule has 0 aliphatic heterocycles. The summed E-state index contributed by atoms with van der Waals surface area (Å²) < 4.78 is 0. The zero-order chi connectivity index (χ0) is 14.2. The third kappa shape index (κ3) is 9.46. The van der Waals surface area contributed by atoms with Crippen LogP contribution in [-0.4, -0.2) is 30.9 Å². The summed E-state index contributed by atoms with van der Waals surface area (Å²) in [6.45, 7) is 10.5. The van der Waals surface area contributed by atoms with Gasteiger partial charge in [0.05, 0.1) is 0 Å². The average Bonchev–Trinajstić information content (AvgIpc) is 2.21. The van der Waals surface area contributed by atoms with Crippen LogP contribution in [0.15, 0.2) is 0 Å². The van der Waals surface area contributed by atoms with Crippen LogP contribution >= 0.6 is 0 Å².